The Morgan fingerprint density at radius 3 is 2.20 bits per heavy atom. The van der Waals surface area contributed by atoms with E-state index in [-0.39, 0.29) is 30.6 Å². The highest BCUT2D eigenvalue weighted by molar-refractivity contribution is 7.89. The van der Waals surface area contributed by atoms with Crippen LogP contribution in [0.5, 0.6) is 0 Å². The van der Waals surface area contributed by atoms with Gasteiger partial charge in [0.2, 0.25) is 5.91 Å². The summed E-state index contributed by atoms with van der Waals surface area (Å²) in [6.07, 6.45) is 1.65. The average Bonchev–Trinajstić information content (AvgIpc) is 2.53. The molecule has 0 heterocycles. The number of hydrogen-bond acceptors (Lipinski definition) is 4. The van der Waals surface area contributed by atoms with Gasteiger partial charge in [0.05, 0.1) is 11.8 Å². The third-order valence-electron chi connectivity index (χ3n) is 3.62. The fourth-order valence-electron chi connectivity index (χ4n) is 2.43. The lowest BCUT2D eigenvalue weighted by Gasteiger charge is -2.14. The van der Waals surface area contributed by atoms with Gasteiger partial charge in [-0.2, -0.15) is 0 Å². The van der Waals surface area contributed by atoms with Crippen molar-refractivity contribution in [1.29, 1.82) is 0 Å². The predicted octanol–water partition coefficient (Wildman–Crippen LogP) is 1.84. The van der Waals surface area contributed by atoms with Gasteiger partial charge in [-0.3, -0.25) is 4.79 Å². The van der Waals surface area contributed by atoms with Crippen molar-refractivity contribution in [3.05, 3.63) is 71.3 Å². The molecule has 0 unspecified atom stereocenters. The summed E-state index contributed by atoms with van der Waals surface area (Å²) >= 11 is 0. The molecular weight excluding hydrogens is 360 g/mol. The lowest BCUT2D eigenvalue weighted by Crippen LogP contribution is -2.41. The summed E-state index contributed by atoms with van der Waals surface area (Å²) in [6.45, 7) is 0.257. The van der Waals surface area contributed by atoms with Crippen molar-refractivity contribution in [3.63, 3.8) is 0 Å². The molecule has 0 fully saturated rings. The Morgan fingerprint density at radius 1 is 1.04 bits per heavy atom. The molecular formula is C18H23ClN2O3S. The average molecular weight is 383 g/mol. The number of hydrogen-bond donors (Lipinski definition) is 2. The summed E-state index contributed by atoms with van der Waals surface area (Å²) in [7, 11) is -3.13. The van der Waals surface area contributed by atoms with E-state index in [0.29, 0.717) is 12.0 Å². The van der Waals surface area contributed by atoms with E-state index in [2.05, 4.69) is 5.32 Å². The van der Waals surface area contributed by atoms with E-state index in [9.17, 15) is 13.2 Å². The van der Waals surface area contributed by atoms with Crippen molar-refractivity contribution in [2.24, 2.45) is 5.73 Å². The lowest BCUT2D eigenvalue weighted by atomic mass is 10.1. The fourth-order valence-corrected chi connectivity index (χ4v) is 3.27. The quantitative estimate of drug-likeness (QED) is 0.764. The molecule has 2 rings (SSSR count). The first kappa shape index (κ1) is 21.2. The molecule has 25 heavy (non-hydrogen) atoms. The number of benzene rings is 2. The van der Waals surface area contributed by atoms with E-state index < -0.39 is 15.9 Å². The zero-order valence-corrected chi connectivity index (χ0v) is 15.6. The number of carbonyl (C=O) groups is 1. The Balaban J connectivity index is 0.00000312. The maximum atomic E-state index is 12.2. The Hall–Kier alpha value is -1.89. The molecule has 2 aromatic carbocycles. The minimum Gasteiger partial charge on any atom is -0.351 e. The van der Waals surface area contributed by atoms with Crippen molar-refractivity contribution in [1.82, 2.24) is 5.32 Å². The molecule has 1 atom stereocenters. The maximum Gasteiger partial charge on any atom is 0.237 e. The molecule has 0 saturated carbocycles. The molecule has 0 saturated heterocycles. The summed E-state index contributed by atoms with van der Waals surface area (Å²) in [5.41, 5.74) is 8.42. The summed E-state index contributed by atoms with van der Waals surface area (Å²) in [5, 5.41) is 2.79. The Labute approximate surface area is 155 Å². The molecule has 0 aliphatic rings. The minimum absolute atomic E-state index is 0. The van der Waals surface area contributed by atoms with Crippen molar-refractivity contribution in [2.75, 3.05) is 6.26 Å². The molecule has 7 heteroatoms. The molecule has 136 valence electrons. The zero-order valence-electron chi connectivity index (χ0n) is 14.0. The van der Waals surface area contributed by atoms with Crippen LogP contribution < -0.4 is 11.1 Å². The second-order valence-corrected chi connectivity index (χ2v) is 7.99. The van der Waals surface area contributed by atoms with Crippen LogP contribution >= 0.6 is 12.4 Å². The van der Waals surface area contributed by atoms with Crippen LogP contribution in [0, 0.1) is 0 Å². The first-order chi connectivity index (χ1) is 11.3. The van der Waals surface area contributed by atoms with Crippen LogP contribution in [-0.4, -0.2) is 26.6 Å². The number of rotatable bonds is 7. The van der Waals surface area contributed by atoms with Gasteiger partial charge in [0.1, 0.15) is 0 Å². The Kier molecular flexibility index (Phi) is 8.09. The molecule has 5 nitrogen and oxygen atoms in total. The van der Waals surface area contributed by atoms with Gasteiger partial charge in [0.15, 0.2) is 9.84 Å². The van der Waals surface area contributed by atoms with Crippen molar-refractivity contribution in [3.8, 4) is 0 Å². The fraction of sp³-hybridized carbons (Fsp3) is 0.278. The molecule has 0 bridgehead atoms. The summed E-state index contributed by atoms with van der Waals surface area (Å²) < 4.78 is 23.0. The van der Waals surface area contributed by atoms with Gasteiger partial charge < -0.3 is 11.1 Å². The van der Waals surface area contributed by atoms with Crippen LogP contribution in [0.25, 0.3) is 0 Å². The van der Waals surface area contributed by atoms with Gasteiger partial charge in [-0.1, -0.05) is 54.6 Å². The summed E-state index contributed by atoms with van der Waals surface area (Å²) in [4.78, 5) is 12.2. The van der Waals surface area contributed by atoms with E-state index in [1.165, 1.54) is 6.26 Å². The van der Waals surface area contributed by atoms with E-state index in [4.69, 9.17) is 5.73 Å². The standard InChI is InChI=1S/C18H22N2O3S.ClH/c1-24(22,23)13-16-10-6-5-9-15(16)12-20-18(21)17(19)11-14-7-3-2-4-8-14;/h2-10,17H,11-13,19H2,1H3,(H,20,21);1H/t17-;/m0./s1. The third kappa shape index (κ3) is 7.25. The highest BCUT2D eigenvalue weighted by Crippen LogP contribution is 2.12. The van der Waals surface area contributed by atoms with Gasteiger partial charge in [-0.25, -0.2) is 8.42 Å². The predicted molar refractivity (Wildman–Crippen MR) is 102 cm³/mol. The third-order valence-corrected chi connectivity index (χ3v) is 4.46. The normalized spacial score (nSPS) is 12.1. The second kappa shape index (κ2) is 9.56. The summed E-state index contributed by atoms with van der Waals surface area (Å²) in [6, 6.07) is 16.1. The number of amides is 1. The highest BCUT2D eigenvalue weighted by Gasteiger charge is 2.15. The van der Waals surface area contributed by atoms with E-state index >= 15 is 0 Å². The number of sulfone groups is 1. The van der Waals surface area contributed by atoms with E-state index in [0.717, 1.165) is 11.1 Å². The molecule has 0 spiro atoms. The first-order valence-corrected chi connectivity index (χ1v) is 9.73. The molecule has 0 aromatic heterocycles. The Bertz CT molecular complexity index is 795. The van der Waals surface area contributed by atoms with Gasteiger partial charge in [0, 0.05) is 12.8 Å². The smallest absolute Gasteiger partial charge is 0.237 e. The molecule has 0 aliphatic carbocycles. The molecule has 2 aromatic rings. The molecule has 0 aliphatic heterocycles. The van der Waals surface area contributed by atoms with Crippen LogP contribution in [0.2, 0.25) is 0 Å². The number of nitrogens with two attached hydrogens (primary N) is 1. The first-order valence-electron chi connectivity index (χ1n) is 7.67. The van der Waals surface area contributed by atoms with Gasteiger partial charge in [-0.05, 0) is 23.1 Å². The van der Waals surface area contributed by atoms with Crippen LogP contribution in [0.15, 0.2) is 54.6 Å². The molecule has 0 radical (unpaired) electrons. The van der Waals surface area contributed by atoms with Crippen LogP contribution in [0.1, 0.15) is 16.7 Å². The zero-order chi connectivity index (χ0) is 17.6. The second-order valence-electron chi connectivity index (χ2n) is 5.85. The number of carbonyl (C=O) groups excluding carboxylic acids is 1. The van der Waals surface area contributed by atoms with E-state index in [1.807, 2.05) is 42.5 Å². The van der Waals surface area contributed by atoms with Crippen molar-refractivity contribution < 1.29 is 13.2 Å². The highest BCUT2D eigenvalue weighted by atomic mass is 35.5. The topological polar surface area (TPSA) is 89.3 Å². The molecule has 3 N–H and O–H groups in total. The van der Waals surface area contributed by atoms with Crippen molar-refractivity contribution in [2.45, 2.75) is 24.8 Å². The maximum absolute atomic E-state index is 12.2. The number of nitrogens with one attached hydrogen (secondary N) is 1. The lowest BCUT2D eigenvalue weighted by molar-refractivity contribution is -0.122. The SMILES string of the molecule is CS(=O)(=O)Cc1ccccc1CNC(=O)[C@@H](N)Cc1ccccc1.Cl. The van der Waals surface area contributed by atoms with Gasteiger partial charge >= 0.3 is 0 Å². The van der Waals surface area contributed by atoms with Gasteiger partial charge in [-0.15, -0.1) is 12.4 Å². The minimum atomic E-state index is -3.13. The number of halogens is 1. The van der Waals surface area contributed by atoms with E-state index in [1.54, 1.807) is 12.1 Å². The summed E-state index contributed by atoms with van der Waals surface area (Å²) in [5.74, 6) is -0.303. The monoisotopic (exact) mass is 382 g/mol. The van der Waals surface area contributed by atoms with Crippen molar-refractivity contribution >= 4 is 28.2 Å². The van der Waals surface area contributed by atoms with Crippen LogP contribution in [0.4, 0.5) is 0 Å². The largest absolute Gasteiger partial charge is 0.351 e. The van der Waals surface area contributed by atoms with Crippen LogP contribution in [0.3, 0.4) is 0 Å². The Morgan fingerprint density at radius 2 is 1.60 bits per heavy atom. The molecule has 1 amide bonds. The van der Waals surface area contributed by atoms with Crippen LogP contribution in [-0.2, 0) is 33.4 Å². The van der Waals surface area contributed by atoms with Gasteiger partial charge in [0.25, 0.3) is 0 Å².